The molecule has 3 heteroatoms. The summed E-state index contributed by atoms with van der Waals surface area (Å²) in [6.07, 6.45) is 0. The van der Waals surface area contributed by atoms with Crippen LogP contribution >= 0.6 is 0 Å². The maximum absolute atomic E-state index is 11.9. The summed E-state index contributed by atoms with van der Waals surface area (Å²) in [5.41, 5.74) is 0.548. The van der Waals surface area contributed by atoms with Gasteiger partial charge in [-0.15, -0.1) is 0 Å². The largest absolute Gasteiger partial charge is 0.459 e. The van der Waals surface area contributed by atoms with Gasteiger partial charge in [-0.3, -0.25) is 9.69 Å². The van der Waals surface area contributed by atoms with E-state index in [-0.39, 0.29) is 5.97 Å². The second kappa shape index (κ2) is 4.26. The van der Waals surface area contributed by atoms with Crippen molar-refractivity contribution in [3.8, 4) is 0 Å². The molecule has 0 N–H and O–H groups in total. The van der Waals surface area contributed by atoms with E-state index in [0.29, 0.717) is 6.61 Å². The number of esters is 1. The smallest absolute Gasteiger partial charge is 0.326 e. The third-order valence-corrected chi connectivity index (χ3v) is 2.95. The Labute approximate surface area is 96.0 Å². The number of hydrogen-bond acceptors (Lipinski definition) is 3. The van der Waals surface area contributed by atoms with Gasteiger partial charge in [-0.2, -0.15) is 0 Å². The highest BCUT2D eigenvalue weighted by atomic mass is 16.5. The van der Waals surface area contributed by atoms with Crippen molar-refractivity contribution in [1.29, 1.82) is 0 Å². The number of ether oxygens (including phenoxy) is 1. The predicted molar refractivity (Wildman–Crippen MR) is 61.9 cm³/mol. The van der Waals surface area contributed by atoms with E-state index in [4.69, 9.17) is 4.74 Å². The molecule has 1 aliphatic rings. The van der Waals surface area contributed by atoms with Crippen LogP contribution in [-0.4, -0.2) is 29.5 Å². The van der Waals surface area contributed by atoms with E-state index < -0.39 is 5.54 Å². The van der Waals surface area contributed by atoms with E-state index in [1.54, 1.807) is 0 Å². The molecule has 16 heavy (non-hydrogen) atoms. The monoisotopic (exact) mass is 219 g/mol. The van der Waals surface area contributed by atoms with Gasteiger partial charge in [0, 0.05) is 13.1 Å². The van der Waals surface area contributed by atoms with Crippen LogP contribution in [0.1, 0.15) is 19.4 Å². The molecule has 3 nitrogen and oxygen atoms in total. The zero-order chi connectivity index (χ0) is 11.6. The number of rotatable bonds is 4. The second-order valence-corrected chi connectivity index (χ2v) is 4.61. The number of hydrogen-bond donors (Lipinski definition) is 0. The van der Waals surface area contributed by atoms with E-state index in [0.717, 1.165) is 18.7 Å². The van der Waals surface area contributed by atoms with Crippen molar-refractivity contribution in [2.75, 3.05) is 13.1 Å². The molecule has 0 atom stereocenters. The summed E-state index contributed by atoms with van der Waals surface area (Å²) in [6, 6.07) is 9.75. The van der Waals surface area contributed by atoms with E-state index in [9.17, 15) is 4.79 Å². The molecule has 0 amide bonds. The van der Waals surface area contributed by atoms with Gasteiger partial charge in [0.15, 0.2) is 0 Å². The molecule has 0 aliphatic carbocycles. The van der Waals surface area contributed by atoms with Gasteiger partial charge in [-0.05, 0) is 19.4 Å². The molecule has 2 rings (SSSR count). The van der Waals surface area contributed by atoms with Gasteiger partial charge in [0.2, 0.25) is 0 Å². The van der Waals surface area contributed by atoms with Crippen LogP contribution in [0, 0.1) is 0 Å². The minimum atomic E-state index is -0.477. The Kier molecular flexibility index (Phi) is 2.97. The summed E-state index contributed by atoms with van der Waals surface area (Å²) in [4.78, 5) is 14.0. The van der Waals surface area contributed by atoms with Crippen molar-refractivity contribution in [1.82, 2.24) is 4.90 Å². The molecule has 86 valence electrons. The maximum atomic E-state index is 11.9. The number of benzene rings is 1. The van der Waals surface area contributed by atoms with Gasteiger partial charge >= 0.3 is 5.97 Å². The summed E-state index contributed by atoms with van der Waals surface area (Å²) in [6.45, 7) is 6.17. The average molecular weight is 219 g/mol. The van der Waals surface area contributed by atoms with Crippen molar-refractivity contribution in [3.05, 3.63) is 35.9 Å². The van der Waals surface area contributed by atoms with Crippen LogP contribution in [0.2, 0.25) is 0 Å². The van der Waals surface area contributed by atoms with E-state index in [1.165, 1.54) is 0 Å². The number of carbonyl (C=O) groups excluding carboxylic acids is 1. The van der Waals surface area contributed by atoms with E-state index in [2.05, 4.69) is 4.90 Å². The Bertz CT molecular complexity index is 369. The molecule has 0 saturated carbocycles. The Morgan fingerprint density at radius 2 is 1.94 bits per heavy atom. The van der Waals surface area contributed by atoms with Gasteiger partial charge < -0.3 is 4.74 Å². The van der Waals surface area contributed by atoms with Gasteiger partial charge in [0.1, 0.15) is 12.1 Å². The molecule has 0 spiro atoms. The zero-order valence-electron chi connectivity index (χ0n) is 9.77. The molecule has 1 aromatic rings. The lowest BCUT2D eigenvalue weighted by Gasteiger charge is -2.23. The van der Waals surface area contributed by atoms with Crippen molar-refractivity contribution in [2.45, 2.75) is 26.0 Å². The Hall–Kier alpha value is -1.35. The Morgan fingerprint density at radius 1 is 1.31 bits per heavy atom. The van der Waals surface area contributed by atoms with Crippen LogP contribution in [0.5, 0.6) is 0 Å². The van der Waals surface area contributed by atoms with Gasteiger partial charge in [0.25, 0.3) is 0 Å². The van der Waals surface area contributed by atoms with Gasteiger partial charge in [-0.25, -0.2) is 0 Å². The third-order valence-electron chi connectivity index (χ3n) is 2.95. The first-order valence-corrected chi connectivity index (χ1v) is 5.57. The summed E-state index contributed by atoms with van der Waals surface area (Å²) in [5.74, 6) is -0.145. The highest BCUT2D eigenvalue weighted by Gasteiger charge is 2.41. The molecule has 1 aliphatic heterocycles. The van der Waals surface area contributed by atoms with Crippen LogP contribution in [0.3, 0.4) is 0 Å². The quantitative estimate of drug-likeness (QED) is 0.571. The van der Waals surface area contributed by atoms with Gasteiger partial charge in [-0.1, -0.05) is 30.3 Å². The minimum Gasteiger partial charge on any atom is -0.459 e. The van der Waals surface area contributed by atoms with Crippen molar-refractivity contribution < 1.29 is 9.53 Å². The van der Waals surface area contributed by atoms with Crippen LogP contribution in [-0.2, 0) is 16.1 Å². The maximum Gasteiger partial charge on any atom is 0.326 e. The molecular weight excluding hydrogens is 202 g/mol. The first kappa shape index (κ1) is 11.1. The van der Waals surface area contributed by atoms with Crippen molar-refractivity contribution in [2.24, 2.45) is 0 Å². The molecule has 1 fully saturated rings. The van der Waals surface area contributed by atoms with Crippen LogP contribution in [0.4, 0.5) is 0 Å². The van der Waals surface area contributed by atoms with Crippen LogP contribution in [0.15, 0.2) is 30.3 Å². The third kappa shape index (κ3) is 2.42. The van der Waals surface area contributed by atoms with Crippen LogP contribution < -0.4 is 0 Å². The fourth-order valence-corrected chi connectivity index (χ4v) is 1.64. The zero-order valence-corrected chi connectivity index (χ0v) is 9.77. The number of nitrogens with zero attached hydrogens (tertiary/aromatic N) is 1. The molecule has 0 bridgehead atoms. The Balaban J connectivity index is 1.88. The first-order chi connectivity index (χ1) is 7.60. The standard InChI is InChI=1S/C13H17NO2/c1-13(2,14-8-9-14)12(15)16-10-11-6-4-3-5-7-11/h3-7H,8-10H2,1-2H3. The highest BCUT2D eigenvalue weighted by molar-refractivity contribution is 5.80. The normalized spacial score (nSPS) is 15.9. The summed E-state index contributed by atoms with van der Waals surface area (Å²) in [5, 5.41) is 0. The summed E-state index contributed by atoms with van der Waals surface area (Å²) < 4.78 is 5.31. The molecule has 0 radical (unpaired) electrons. The SMILES string of the molecule is CC(C)(C(=O)OCc1ccccc1)N1CC1. The first-order valence-electron chi connectivity index (χ1n) is 5.57. The fraction of sp³-hybridized carbons (Fsp3) is 0.462. The topological polar surface area (TPSA) is 29.3 Å². The van der Waals surface area contributed by atoms with Crippen LogP contribution in [0.25, 0.3) is 0 Å². The summed E-state index contributed by atoms with van der Waals surface area (Å²) >= 11 is 0. The Morgan fingerprint density at radius 3 is 2.50 bits per heavy atom. The van der Waals surface area contributed by atoms with Crippen molar-refractivity contribution in [3.63, 3.8) is 0 Å². The summed E-state index contributed by atoms with van der Waals surface area (Å²) in [7, 11) is 0. The average Bonchev–Trinajstić information content (AvgIpc) is 3.11. The second-order valence-electron chi connectivity index (χ2n) is 4.61. The lowest BCUT2D eigenvalue weighted by Crippen LogP contribution is -2.41. The molecule has 1 aromatic carbocycles. The van der Waals surface area contributed by atoms with E-state index in [1.807, 2.05) is 44.2 Å². The molecular formula is C13H17NO2. The lowest BCUT2D eigenvalue weighted by atomic mass is 10.1. The predicted octanol–water partition coefficient (Wildman–Crippen LogP) is 1.82. The van der Waals surface area contributed by atoms with Crippen molar-refractivity contribution >= 4 is 5.97 Å². The molecule has 1 heterocycles. The lowest BCUT2D eigenvalue weighted by molar-refractivity contribution is -0.154. The fourth-order valence-electron chi connectivity index (χ4n) is 1.64. The molecule has 0 unspecified atom stereocenters. The van der Waals surface area contributed by atoms with Gasteiger partial charge in [0.05, 0.1) is 0 Å². The highest BCUT2D eigenvalue weighted by Crippen LogP contribution is 2.23. The molecule has 1 saturated heterocycles. The molecule has 0 aromatic heterocycles. The number of carbonyl (C=O) groups is 1. The minimum absolute atomic E-state index is 0.145. The van der Waals surface area contributed by atoms with E-state index >= 15 is 0 Å².